The summed E-state index contributed by atoms with van der Waals surface area (Å²) in [5, 5.41) is 11.4. The lowest BCUT2D eigenvalue weighted by atomic mass is 10.0. The number of ether oxygens (including phenoxy) is 2. The first-order chi connectivity index (χ1) is 10.3. The Morgan fingerprint density at radius 2 is 1.86 bits per heavy atom. The van der Waals surface area contributed by atoms with Crippen molar-refractivity contribution in [1.82, 2.24) is 10.2 Å². The summed E-state index contributed by atoms with van der Waals surface area (Å²) in [6.45, 7) is 4.54. The fourth-order valence-corrected chi connectivity index (χ4v) is 2.32. The largest absolute Gasteiger partial charge is 0.467 e. The predicted octanol–water partition coefficient (Wildman–Crippen LogP) is 1.44. The molecular formula is C14H24N2O6. The van der Waals surface area contributed by atoms with E-state index in [0.717, 1.165) is 0 Å². The fourth-order valence-electron chi connectivity index (χ4n) is 2.32. The molecule has 1 atom stereocenters. The number of esters is 1. The van der Waals surface area contributed by atoms with Crippen molar-refractivity contribution in [3.63, 3.8) is 0 Å². The maximum atomic E-state index is 11.9. The van der Waals surface area contributed by atoms with Gasteiger partial charge in [0.1, 0.15) is 12.1 Å². The van der Waals surface area contributed by atoms with Crippen molar-refractivity contribution in [3.05, 3.63) is 0 Å². The molecule has 0 aromatic carbocycles. The summed E-state index contributed by atoms with van der Waals surface area (Å²) in [6.07, 6.45) is -0.623. The summed E-state index contributed by atoms with van der Waals surface area (Å²) in [5.74, 6) is -0.297. The normalized spacial score (nSPS) is 17.0. The number of likely N-dealkylation sites (tertiary alicyclic amines) is 1. The van der Waals surface area contributed by atoms with Crippen LogP contribution in [0.25, 0.3) is 0 Å². The highest BCUT2D eigenvalue weighted by Crippen LogP contribution is 2.14. The van der Waals surface area contributed by atoms with E-state index >= 15 is 0 Å². The summed E-state index contributed by atoms with van der Waals surface area (Å²) >= 11 is 0. The maximum Gasteiger partial charge on any atom is 0.408 e. The molecule has 1 aliphatic rings. The van der Waals surface area contributed by atoms with Crippen LogP contribution in [-0.4, -0.2) is 60.5 Å². The molecule has 1 fully saturated rings. The Morgan fingerprint density at radius 1 is 1.27 bits per heavy atom. The first-order valence-corrected chi connectivity index (χ1v) is 7.36. The van der Waals surface area contributed by atoms with Gasteiger partial charge in [0.15, 0.2) is 0 Å². The number of carboxylic acid groups (broad SMARTS) is 1. The molecule has 8 heteroatoms. The van der Waals surface area contributed by atoms with Crippen LogP contribution in [0.3, 0.4) is 0 Å². The van der Waals surface area contributed by atoms with Crippen LogP contribution in [0.4, 0.5) is 9.59 Å². The van der Waals surface area contributed by atoms with E-state index in [1.807, 2.05) is 13.8 Å². The molecule has 2 amide bonds. The number of amides is 2. The third-order valence-corrected chi connectivity index (χ3v) is 3.47. The Hall–Kier alpha value is -1.99. The molecular weight excluding hydrogens is 292 g/mol. The number of alkyl carbamates (subject to hydrolysis) is 1. The number of rotatable bonds is 5. The smallest absolute Gasteiger partial charge is 0.408 e. The van der Waals surface area contributed by atoms with Gasteiger partial charge in [-0.3, -0.25) is 0 Å². The van der Waals surface area contributed by atoms with Gasteiger partial charge < -0.3 is 24.8 Å². The van der Waals surface area contributed by atoms with Crippen molar-refractivity contribution in [2.45, 2.75) is 45.3 Å². The van der Waals surface area contributed by atoms with Gasteiger partial charge in [-0.2, -0.15) is 0 Å². The molecule has 0 aromatic heterocycles. The molecule has 0 radical (unpaired) electrons. The maximum absolute atomic E-state index is 11.9. The Bertz CT molecular complexity index is 404. The molecule has 0 bridgehead atoms. The van der Waals surface area contributed by atoms with E-state index in [2.05, 4.69) is 10.1 Å². The van der Waals surface area contributed by atoms with Gasteiger partial charge in [-0.1, -0.05) is 13.8 Å². The van der Waals surface area contributed by atoms with Gasteiger partial charge in [-0.25, -0.2) is 14.4 Å². The van der Waals surface area contributed by atoms with Crippen molar-refractivity contribution >= 4 is 18.2 Å². The second-order valence-corrected chi connectivity index (χ2v) is 5.72. The number of carbonyl (C=O) groups is 3. The van der Waals surface area contributed by atoms with Crippen molar-refractivity contribution in [2.75, 3.05) is 20.2 Å². The summed E-state index contributed by atoms with van der Waals surface area (Å²) in [5.41, 5.74) is 0. The molecule has 1 heterocycles. The second kappa shape index (κ2) is 8.45. The molecule has 0 spiro atoms. The van der Waals surface area contributed by atoms with E-state index in [9.17, 15) is 14.4 Å². The quantitative estimate of drug-likeness (QED) is 0.744. The lowest BCUT2D eigenvalue weighted by Crippen LogP contribution is -2.46. The standard InChI is InChI=1S/C14H24N2O6/c1-9(2)8-11(12(17)21-3)15-13(18)22-10-4-6-16(7-5-10)14(19)20/h9-11H,4-8H2,1-3H3,(H,15,18)(H,19,20)/t11-/m0/s1. The minimum atomic E-state index is -0.967. The molecule has 2 N–H and O–H groups in total. The van der Waals surface area contributed by atoms with Gasteiger partial charge in [-0.15, -0.1) is 0 Å². The summed E-state index contributed by atoms with van der Waals surface area (Å²) in [4.78, 5) is 35.6. The van der Waals surface area contributed by atoms with Crippen molar-refractivity contribution in [1.29, 1.82) is 0 Å². The third-order valence-electron chi connectivity index (χ3n) is 3.47. The lowest BCUT2D eigenvalue weighted by Gasteiger charge is -2.30. The molecule has 0 unspecified atom stereocenters. The summed E-state index contributed by atoms with van der Waals surface area (Å²) in [6, 6.07) is -0.739. The molecule has 0 aliphatic carbocycles. The van der Waals surface area contributed by atoms with Crippen LogP contribution in [0.1, 0.15) is 33.1 Å². The van der Waals surface area contributed by atoms with Crippen LogP contribution in [0.2, 0.25) is 0 Å². The van der Waals surface area contributed by atoms with Gasteiger partial charge in [0, 0.05) is 25.9 Å². The highest BCUT2D eigenvalue weighted by molar-refractivity contribution is 5.81. The number of nitrogens with zero attached hydrogens (tertiary/aromatic N) is 1. The first kappa shape index (κ1) is 18.1. The van der Waals surface area contributed by atoms with Gasteiger partial charge in [0.05, 0.1) is 7.11 Å². The average Bonchev–Trinajstić information content (AvgIpc) is 2.45. The minimum Gasteiger partial charge on any atom is -0.467 e. The Labute approximate surface area is 129 Å². The fraction of sp³-hybridized carbons (Fsp3) is 0.786. The summed E-state index contributed by atoms with van der Waals surface area (Å²) in [7, 11) is 1.27. The SMILES string of the molecule is COC(=O)[C@H](CC(C)C)NC(=O)OC1CCN(C(=O)O)CC1. The topological polar surface area (TPSA) is 105 Å². The average molecular weight is 316 g/mol. The van der Waals surface area contributed by atoms with E-state index in [-0.39, 0.29) is 12.0 Å². The van der Waals surface area contributed by atoms with Crippen LogP contribution >= 0.6 is 0 Å². The van der Waals surface area contributed by atoms with E-state index in [1.165, 1.54) is 12.0 Å². The Kier molecular flexibility index (Phi) is 6.94. The molecule has 0 saturated carbocycles. The van der Waals surface area contributed by atoms with Crippen LogP contribution in [0.15, 0.2) is 0 Å². The van der Waals surface area contributed by atoms with Crippen LogP contribution < -0.4 is 5.32 Å². The van der Waals surface area contributed by atoms with Crippen LogP contribution in [0.5, 0.6) is 0 Å². The minimum absolute atomic E-state index is 0.211. The monoisotopic (exact) mass is 316 g/mol. The zero-order valence-electron chi connectivity index (χ0n) is 13.2. The number of hydrogen-bond donors (Lipinski definition) is 2. The summed E-state index contributed by atoms with van der Waals surface area (Å²) < 4.78 is 9.91. The Morgan fingerprint density at radius 3 is 2.32 bits per heavy atom. The first-order valence-electron chi connectivity index (χ1n) is 7.36. The predicted molar refractivity (Wildman–Crippen MR) is 77.5 cm³/mol. The van der Waals surface area contributed by atoms with Crippen LogP contribution in [-0.2, 0) is 14.3 Å². The van der Waals surface area contributed by atoms with E-state index in [1.54, 1.807) is 0 Å². The number of carbonyl (C=O) groups excluding carboxylic acids is 2. The van der Waals surface area contributed by atoms with E-state index in [4.69, 9.17) is 9.84 Å². The zero-order chi connectivity index (χ0) is 16.7. The number of nitrogens with one attached hydrogen (secondary N) is 1. The van der Waals surface area contributed by atoms with Crippen molar-refractivity contribution in [3.8, 4) is 0 Å². The molecule has 22 heavy (non-hydrogen) atoms. The number of hydrogen-bond acceptors (Lipinski definition) is 5. The molecule has 126 valence electrons. The Balaban J connectivity index is 2.44. The number of methoxy groups -OCH3 is 1. The highest BCUT2D eigenvalue weighted by atomic mass is 16.6. The number of piperidine rings is 1. The van der Waals surface area contributed by atoms with E-state index < -0.39 is 24.2 Å². The molecule has 8 nitrogen and oxygen atoms in total. The highest BCUT2D eigenvalue weighted by Gasteiger charge is 2.27. The van der Waals surface area contributed by atoms with Crippen molar-refractivity contribution in [2.24, 2.45) is 5.92 Å². The van der Waals surface area contributed by atoms with Gasteiger partial charge in [0.2, 0.25) is 0 Å². The lowest BCUT2D eigenvalue weighted by molar-refractivity contribution is -0.143. The zero-order valence-corrected chi connectivity index (χ0v) is 13.2. The van der Waals surface area contributed by atoms with Gasteiger partial charge >= 0.3 is 18.2 Å². The molecule has 1 aliphatic heterocycles. The molecule has 1 rings (SSSR count). The molecule has 1 saturated heterocycles. The van der Waals surface area contributed by atoms with Gasteiger partial charge in [-0.05, 0) is 12.3 Å². The van der Waals surface area contributed by atoms with Gasteiger partial charge in [0.25, 0.3) is 0 Å². The third kappa shape index (κ3) is 5.79. The van der Waals surface area contributed by atoms with E-state index in [0.29, 0.717) is 32.4 Å². The van der Waals surface area contributed by atoms with Crippen LogP contribution in [0, 0.1) is 5.92 Å². The molecule has 0 aromatic rings. The van der Waals surface area contributed by atoms with Crippen molar-refractivity contribution < 1.29 is 29.0 Å². The second-order valence-electron chi connectivity index (χ2n) is 5.72.